The molecule has 1 amide bonds. The van der Waals surface area contributed by atoms with Crippen molar-refractivity contribution in [2.24, 2.45) is 0 Å². The lowest BCUT2D eigenvalue weighted by atomic mass is 10.4. The lowest BCUT2D eigenvalue weighted by Gasteiger charge is -1.99. The minimum atomic E-state index is -0.100. The molecule has 1 N–H and O–H groups in total. The molecule has 0 radical (unpaired) electrons. The molecule has 2 rings (SSSR count). The van der Waals surface area contributed by atoms with E-state index in [1.165, 1.54) is 11.3 Å². The van der Waals surface area contributed by atoms with Crippen molar-refractivity contribution in [1.29, 1.82) is 0 Å². The summed E-state index contributed by atoms with van der Waals surface area (Å²) in [5.41, 5.74) is 0. The number of nitrogens with zero attached hydrogens (tertiary/aromatic N) is 2. The zero-order valence-corrected chi connectivity index (χ0v) is 9.83. The van der Waals surface area contributed by atoms with E-state index >= 15 is 0 Å². The molecule has 0 bridgehead atoms. The van der Waals surface area contributed by atoms with Crippen LogP contribution in [0.5, 0.6) is 0 Å². The van der Waals surface area contributed by atoms with Crippen molar-refractivity contribution in [2.45, 2.75) is 19.9 Å². The Bertz CT molecular complexity index is 461. The number of rotatable bonds is 4. The summed E-state index contributed by atoms with van der Waals surface area (Å²) in [6.07, 6.45) is 2.90. The molecule has 16 heavy (non-hydrogen) atoms. The van der Waals surface area contributed by atoms with Crippen molar-refractivity contribution in [1.82, 2.24) is 9.78 Å². The molecule has 0 saturated heterocycles. The van der Waals surface area contributed by atoms with E-state index < -0.39 is 0 Å². The normalized spacial score (nSPS) is 10.3. The molecular weight excluding hydrogens is 222 g/mol. The first-order chi connectivity index (χ1) is 7.79. The van der Waals surface area contributed by atoms with Crippen LogP contribution in [0.3, 0.4) is 0 Å². The summed E-state index contributed by atoms with van der Waals surface area (Å²) >= 11 is 1.42. The van der Waals surface area contributed by atoms with Crippen molar-refractivity contribution in [3.63, 3.8) is 0 Å². The van der Waals surface area contributed by atoms with Crippen LogP contribution in [0.2, 0.25) is 0 Å². The summed E-state index contributed by atoms with van der Waals surface area (Å²) in [5.74, 6) is 0.503. The average molecular weight is 235 g/mol. The lowest BCUT2D eigenvalue weighted by molar-refractivity contribution is 0.103. The Hall–Kier alpha value is -1.62. The summed E-state index contributed by atoms with van der Waals surface area (Å²) in [7, 11) is 0. The summed E-state index contributed by atoms with van der Waals surface area (Å²) in [6, 6.07) is 5.46. The number of anilines is 1. The standard InChI is InChI=1S/C11H13N3OS/c1-2-6-14-7-5-10(13-14)12-11(15)9-4-3-8-16-9/h3-5,7-8H,2,6H2,1H3,(H,12,13,15). The molecule has 4 nitrogen and oxygen atoms in total. The van der Waals surface area contributed by atoms with Gasteiger partial charge in [0.1, 0.15) is 0 Å². The quantitative estimate of drug-likeness (QED) is 0.885. The maximum Gasteiger partial charge on any atom is 0.266 e. The van der Waals surface area contributed by atoms with E-state index in [-0.39, 0.29) is 5.91 Å². The maximum absolute atomic E-state index is 11.7. The third-order valence-electron chi connectivity index (χ3n) is 2.08. The number of hydrogen-bond donors (Lipinski definition) is 1. The second kappa shape index (κ2) is 4.94. The van der Waals surface area contributed by atoms with Crippen LogP contribution in [0.15, 0.2) is 29.8 Å². The van der Waals surface area contributed by atoms with Crippen LogP contribution in [0.4, 0.5) is 5.82 Å². The van der Waals surface area contributed by atoms with Crippen LogP contribution < -0.4 is 5.32 Å². The summed E-state index contributed by atoms with van der Waals surface area (Å²) in [4.78, 5) is 12.4. The molecule has 0 unspecified atom stereocenters. The molecule has 0 aliphatic rings. The molecule has 0 atom stereocenters. The van der Waals surface area contributed by atoms with Gasteiger partial charge in [0.15, 0.2) is 5.82 Å². The molecule has 0 spiro atoms. The van der Waals surface area contributed by atoms with Gasteiger partial charge in [-0.1, -0.05) is 13.0 Å². The van der Waals surface area contributed by atoms with Gasteiger partial charge >= 0.3 is 0 Å². The van der Waals surface area contributed by atoms with Crippen LogP contribution in [0.1, 0.15) is 23.0 Å². The summed E-state index contributed by atoms with van der Waals surface area (Å²) in [5, 5.41) is 8.88. The average Bonchev–Trinajstić information content (AvgIpc) is 2.89. The molecule has 5 heteroatoms. The number of thiophene rings is 1. The fourth-order valence-corrected chi connectivity index (χ4v) is 1.99. The second-order valence-corrected chi connectivity index (χ2v) is 4.34. The largest absolute Gasteiger partial charge is 0.304 e. The molecule has 0 fully saturated rings. The van der Waals surface area contributed by atoms with Gasteiger partial charge in [0, 0.05) is 18.8 Å². The van der Waals surface area contributed by atoms with Gasteiger partial charge in [0.2, 0.25) is 0 Å². The van der Waals surface area contributed by atoms with Gasteiger partial charge in [-0.15, -0.1) is 11.3 Å². The first-order valence-corrected chi connectivity index (χ1v) is 6.06. The van der Waals surface area contributed by atoms with Gasteiger partial charge in [-0.25, -0.2) is 0 Å². The minimum Gasteiger partial charge on any atom is -0.304 e. The van der Waals surface area contributed by atoms with Crippen LogP contribution in [0, 0.1) is 0 Å². The van der Waals surface area contributed by atoms with E-state index in [0.717, 1.165) is 13.0 Å². The SMILES string of the molecule is CCCn1ccc(NC(=O)c2cccs2)n1. The number of carbonyl (C=O) groups is 1. The number of aromatic nitrogens is 2. The van der Waals surface area contributed by atoms with E-state index in [4.69, 9.17) is 0 Å². The predicted molar refractivity (Wildman–Crippen MR) is 64.8 cm³/mol. The van der Waals surface area contributed by atoms with Crippen molar-refractivity contribution >= 4 is 23.1 Å². The zero-order chi connectivity index (χ0) is 11.4. The highest BCUT2D eigenvalue weighted by Gasteiger charge is 2.08. The fourth-order valence-electron chi connectivity index (χ4n) is 1.37. The number of nitrogens with one attached hydrogen (secondary N) is 1. The van der Waals surface area contributed by atoms with Crippen LogP contribution >= 0.6 is 11.3 Å². The Morgan fingerprint density at radius 1 is 1.56 bits per heavy atom. The second-order valence-electron chi connectivity index (χ2n) is 3.40. The van der Waals surface area contributed by atoms with Crippen LogP contribution in [-0.2, 0) is 6.54 Å². The Labute approximate surface area is 97.9 Å². The number of hydrogen-bond acceptors (Lipinski definition) is 3. The Morgan fingerprint density at radius 2 is 2.44 bits per heavy atom. The van der Waals surface area contributed by atoms with Gasteiger partial charge < -0.3 is 5.32 Å². The molecule has 84 valence electrons. The highest BCUT2D eigenvalue weighted by Crippen LogP contribution is 2.11. The zero-order valence-electron chi connectivity index (χ0n) is 9.01. The van der Waals surface area contributed by atoms with E-state index in [1.807, 2.05) is 22.3 Å². The highest BCUT2D eigenvalue weighted by molar-refractivity contribution is 7.12. The van der Waals surface area contributed by atoms with Crippen LogP contribution in [0.25, 0.3) is 0 Å². The maximum atomic E-state index is 11.7. The molecule has 0 aliphatic heterocycles. The topological polar surface area (TPSA) is 46.9 Å². The van der Waals surface area contributed by atoms with E-state index in [0.29, 0.717) is 10.7 Å². The summed E-state index contributed by atoms with van der Waals surface area (Å²) in [6.45, 7) is 2.96. The molecule has 2 aromatic rings. The first-order valence-electron chi connectivity index (χ1n) is 5.18. The van der Waals surface area contributed by atoms with Crippen molar-refractivity contribution < 1.29 is 4.79 Å². The Morgan fingerprint density at radius 3 is 3.12 bits per heavy atom. The molecule has 0 saturated carbocycles. The van der Waals surface area contributed by atoms with E-state index in [9.17, 15) is 4.79 Å². The molecule has 0 aliphatic carbocycles. The third-order valence-corrected chi connectivity index (χ3v) is 2.95. The van der Waals surface area contributed by atoms with Gasteiger partial charge in [-0.05, 0) is 17.9 Å². The van der Waals surface area contributed by atoms with Crippen molar-refractivity contribution in [3.05, 3.63) is 34.7 Å². The number of aryl methyl sites for hydroxylation is 1. The van der Waals surface area contributed by atoms with Crippen LogP contribution in [-0.4, -0.2) is 15.7 Å². The smallest absolute Gasteiger partial charge is 0.266 e. The summed E-state index contributed by atoms with van der Waals surface area (Å²) < 4.78 is 1.82. The highest BCUT2D eigenvalue weighted by atomic mass is 32.1. The third kappa shape index (κ3) is 2.49. The lowest BCUT2D eigenvalue weighted by Crippen LogP contribution is -2.11. The van der Waals surface area contributed by atoms with E-state index in [1.54, 1.807) is 12.1 Å². The predicted octanol–water partition coefficient (Wildman–Crippen LogP) is 2.61. The van der Waals surface area contributed by atoms with Gasteiger partial charge in [0.05, 0.1) is 4.88 Å². The Balaban J connectivity index is 2.01. The van der Waals surface area contributed by atoms with Gasteiger partial charge in [-0.3, -0.25) is 9.48 Å². The molecule has 2 aromatic heterocycles. The fraction of sp³-hybridized carbons (Fsp3) is 0.273. The first kappa shape index (κ1) is 10.9. The monoisotopic (exact) mass is 235 g/mol. The number of carbonyl (C=O) groups excluding carboxylic acids is 1. The van der Waals surface area contributed by atoms with Gasteiger partial charge in [0.25, 0.3) is 5.91 Å². The molecule has 2 heterocycles. The van der Waals surface area contributed by atoms with Gasteiger partial charge in [-0.2, -0.15) is 5.10 Å². The van der Waals surface area contributed by atoms with E-state index in [2.05, 4.69) is 17.3 Å². The van der Waals surface area contributed by atoms with Crippen molar-refractivity contribution in [2.75, 3.05) is 5.32 Å². The molecule has 0 aromatic carbocycles. The molecular formula is C11H13N3OS. The minimum absolute atomic E-state index is 0.100. The van der Waals surface area contributed by atoms with Crippen molar-refractivity contribution in [3.8, 4) is 0 Å². The Kier molecular flexibility index (Phi) is 3.36. The number of amides is 1.